The summed E-state index contributed by atoms with van der Waals surface area (Å²) in [7, 11) is 1.65. The first kappa shape index (κ1) is 27.3. The third-order valence-corrected chi connectivity index (χ3v) is 7.64. The third kappa shape index (κ3) is 5.42. The van der Waals surface area contributed by atoms with Crippen LogP contribution in [0.4, 0.5) is 0 Å². The Balaban J connectivity index is 1.73. The van der Waals surface area contributed by atoms with Gasteiger partial charge in [0, 0.05) is 12.1 Å². The van der Waals surface area contributed by atoms with Gasteiger partial charge in [0.15, 0.2) is 5.82 Å². The van der Waals surface area contributed by atoms with E-state index in [4.69, 9.17) is 9.15 Å². The molecule has 0 bridgehead atoms. The predicted molar refractivity (Wildman–Crippen MR) is 154 cm³/mol. The Kier molecular flexibility index (Phi) is 7.58. The van der Waals surface area contributed by atoms with Crippen molar-refractivity contribution in [1.29, 1.82) is 0 Å². The molecule has 9 heteroatoms. The zero-order chi connectivity index (χ0) is 28.4. The third-order valence-electron chi connectivity index (χ3n) is 7.64. The number of benzene rings is 2. The molecule has 2 aromatic carbocycles. The van der Waals surface area contributed by atoms with Crippen LogP contribution in [0.25, 0.3) is 10.9 Å². The summed E-state index contributed by atoms with van der Waals surface area (Å²) in [4.78, 5) is 19.2. The van der Waals surface area contributed by atoms with E-state index in [1.165, 1.54) is 0 Å². The van der Waals surface area contributed by atoms with Gasteiger partial charge in [-0.2, -0.15) is 0 Å². The van der Waals surface area contributed by atoms with Crippen LogP contribution in [0.1, 0.15) is 67.1 Å². The lowest BCUT2D eigenvalue weighted by Gasteiger charge is -2.33. The molecule has 3 heterocycles. The van der Waals surface area contributed by atoms with Crippen molar-refractivity contribution >= 4 is 10.9 Å². The topological polar surface area (TPSA) is 102 Å². The molecule has 0 saturated heterocycles. The van der Waals surface area contributed by atoms with E-state index in [9.17, 15) is 4.79 Å². The Labute approximate surface area is 233 Å². The summed E-state index contributed by atoms with van der Waals surface area (Å²) in [6.45, 7) is 11.3. The van der Waals surface area contributed by atoms with Crippen molar-refractivity contribution in [2.45, 2.75) is 65.7 Å². The molecule has 0 unspecified atom stereocenters. The number of furan rings is 1. The van der Waals surface area contributed by atoms with Crippen molar-refractivity contribution in [1.82, 2.24) is 30.1 Å². The maximum Gasteiger partial charge on any atom is 0.253 e. The average Bonchev–Trinajstić information content (AvgIpc) is 3.63. The molecule has 0 aliphatic carbocycles. The van der Waals surface area contributed by atoms with Crippen molar-refractivity contribution in [3.63, 3.8) is 0 Å². The van der Waals surface area contributed by atoms with E-state index in [2.05, 4.69) is 65.2 Å². The molecule has 5 aromatic rings. The minimum absolute atomic E-state index is 0.174. The first-order valence-electron chi connectivity index (χ1n) is 13.5. The van der Waals surface area contributed by atoms with Crippen LogP contribution in [-0.4, -0.2) is 37.2 Å². The van der Waals surface area contributed by atoms with Crippen LogP contribution in [0.15, 0.2) is 70.1 Å². The van der Waals surface area contributed by atoms with Gasteiger partial charge < -0.3 is 14.1 Å². The number of nitrogens with one attached hydrogen (secondary N) is 1. The predicted octanol–water partition coefficient (Wildman–Crippen LogP) is 5.67. The lowest BCUT2D eigenvalue weighted by atomic mass is 9.98. The maximum atomic E-state index is 13.9. The van der Waals surface area contributed by atoms with Gasteiger partial charge in [-0.3, -0.25) is 9.69 Å². The largest absolute Gasteiger partial charge is 0.497 e. The summed E-state index contributed by atoms with van der Waals surface area (Å²) in [5.74, 6) is 2.15. The van der Waals surface area contributed by atoms with E-state index >= 15 is 0 Å². The average molecular weight is 541 g/mol. The first-order valence-corrected chi connectivity index (χ1v) is 13.5. The van der Waals surface area contributed by atoms with Crippen molar-refractivity contribution in [2.24, 2.45) is 0 Å². The van der Waals surface area contributed by atoms with Crippen molar-refractivity contribution in [3.8, 4) is 5.75 Å². The van der Waals surface area contributed by atoms with Gasteiger partial charge in [-0.25, -0.2) is 4.68 Å². The van der Waals surface area contributed by atoms with Crippen LogP contribution in [0, 0.1) is 13.8 Å². The van der Waals surface area contributed by atoms with E-state index in [0.29, 0.717) is 24.5 Å². The summed E-state index contributed by atoms with van der Waals surface area (Å²) in [5.41, 5.74) is 4.06. The monoisotopic (exact) mass is 540 g/mol. The van der Waals surface area contributed by atoms with Gasteiger partial charge in [0.1, 0.15) is 17.6 Å². The minimum atomic E-state index is -0.568. The Hall–Kier alpha value is -4.24. The smallest absolute Gasteiger partial charge is 0.253 e. The molecule has 208 valence electrons. The standard InChI is InChI=1S/C31H36N6O3/c1-7-31(4,5)37-29(33-34-35-37)28(26-17-23-16-20(2)15-21(3)27(23)32-30(26)38)36(19-25-9-8-14-40-25)18-22-10-12-24(39-6)13-11-22/h8-17,28H,7,18-19H2,1-6H3,(H,32,38)/t28-/m0/s1. The first-order chi connectivity index (χ1) is 19.2. The fourth-order valence-electron chi connectivity index (χ4n) is 5.16. The number of nitrogens with zero attached hydrogens (tertiary/aromatic N) is 5. The molecule has 3 aromatic heterocycles. The molecule has 0 spiro atoms. The zero-order valence-corrected chi connectivity index (χ0v) is 23.9. The number of H-pyrrole nitrogens is 1. The van der Waals surface area contributed by atoms with Crippen LogP contribution in [-0.2, 0) is 18.6 Å². The summed E-state index contributed by atoms with van der Waals surface area (Å²) in [5, 5.41) is 14.0. The Morgan fingerprint density at radius 1 is 1.10 bits per heavy atom. The molecular weight excluding hydrogens is 504 g/mol. The number of pyridine rings is 1. The number of rotatable bonds is 10. The number of hydrogen-bond acceptors (Lipinski definition) is 7. The van der Waals surface area contributed by atoms with Crippen molar-refractivity contribution < 1.29 is 9.15 Å². The van der Waals surface area contributed by atoms with E-state index in [-0.39, 0.29) is 11.1 Å². The second-order valence-corrected chi connectivity index (χ2v) is 10.9. The highest BCUT2D eigenvalue weighted by atomic mass is 16.5. The molecule has 5 rings (SSSR count). The van der Waals surface area contributed by atoms with Crippen molar-refractivity contribution in [3.05, 3.63) is 105 Å². The highest BCUT2D eigenvalue weighted by Crippen LogP contribution is 2.33. The quantitative estimate of drug-likeness (QED) is 0.243. The van der Waals surface area contributed by atoms with Crippen molar-refractivity contribution in [2.75, 3.05) is 7.11 Å². The maximum absolute atomic E-state index is 13.9. The molecule has 9 nitrogen and oxygen atoms in total. The van der Waals surface area contributed by atoms with Gasteiger partial charge in [0.05, 0.1) is 31.0 Å². The number of methoxy groups -OCH3 is 1. The Bertz CT molecular complexity index is 1650. The second-order valence-electron chi connectivity index (χ2n) is 10.9. The van der Waals surface area contributed by atoms with Crippen LogP contribution in [0.5, 0.6) is 5.75 Å². The van der Waals surface area contributed by atoms with Gasteiger partial charge >= 0.3 is 0 Å². The fourth-order valence-corrected chi connectivity index (χ4v) is 5.16. The number of ether oxygens (including phenoxy) is 1. The van der Waals surface area contributed by atoms with Crippen LogP contribution in [0.3, 0.4) is 0 Å². The van der Waals surface area contributed by atoms with E-state index in [1.807, 2.05) is 54.1 Å². The Morgan fingerprint density at radius 3 is 2.55 bits per heavy atom. The minimum Gasteiger partial charge on any atom is -0.497 e. The van der Waals surface area contributed by atoms with E-state index in [0.717, 1.165) is 45.5 Å². The number of aryl methyl sites for hydroxylation is 2. The number of aromatic nitrogens is 5. The lowest BCUT2D eigenvalue weighted by Crippen LogP contribution is -2.38. The molecule has 0 fully saturated rings. The fraction of sp³-hybridized carbons (Fsp3) is 0.355. The molecule has 1 atom stereocenters. The molecule has 0 radical (unpaired) electrons. The summed E-state index contributed by atoms with van der Waals surface area (Å²) in [6, 6.07) is 17.3. The molecule has 0 amide bonds. The van der Waals surface area contributed by atoms with Gasteiger partial charge in [-0.05, 0) is 97.5 Å². The highest BCUT2D eigenvalue weighted by molar-refractivity contribution is 5.83. The van der Waals surface area contributed by atoms with Crippen LogP contribution in [0.2, 0.25) is 0 Å². The lowest BCUT2D eigenvalue weighted by molar-refractivity contribution is 0.168. The Morgan fingerprint density at radius 2 is 1.88 bits per heavy atom. The van der Waals surface area contributed by atoms with Crippen LogP contribution >= 0.6 is 0 Å². The van der Waals surface area contributed by atoms with Crippen LogP contribution < -0.4 is 10.3 Å². The second kappa shape index (κ2) is 11.1. The number of hydrogen-bond donors (Lipinski definition) is 1. The van der Waals surface area contributed by atoms with E-state index in [1.54, 1.807) is 13.4 Å². The molecule has 40 heavy (non-hydrogen) atoms. The molecule has 0 aliphatic heterocycles. The molecule has 0 saturated carbocycles. The highest BCUT2D eigenvalue weighted by Gasteiger charge is 2.35. The number of tetrazole rings is 1. The molecule has 0 aliphatic rings. The summed E-state index contributed by atoms with van der Waals surface area (Å²) < 4.78 is 13.0. The zero-order valence-electron chi connectivity index (χ0n) is 23.9. The summed E-state index contributed by atoms with van der Waals surface area (Å²) in [6.07, 6.45) is 2.47. The molecular formula is C31H36N6O3. The SMILES string of the molecule is CCC(C)(C)n1nnnc1[C@H](c1cc2cc(C)cc(C)c2[nH]c1=O)N(Cc1ccc(OC)cc1)Cc1ccco1. The number of fused-ring (bicyclic) bond motifs is 1. The van der Waals surface area contributed by atoms with E-state index < -0.39 is 6.04 Å². The summed E-state index contributed by atoms with van der Waals surface area (Å²) >= 11 is 0. The van der Waals surface area contributed by atoms with Gasteiger partial charge in [0.2, 0.25) is 0 Å². The van der Waals surface area contributed by atoms with Gasteiger partial charge in [0.25, 0.3) is 5.56 Å². The van der Waals surface area contributed by atoms with Gasteiger partial charge in [-0.15, -0.1) is 5.10 Å². The normalized spacial score (nSPS) is 12.8. The van der Waals surface area contributed by atoms with Gasteiger partial charge in [-0.1, -0.05) is 30.7 Å². The molecule has 1 N–H and O–H groups in total. The number of aromatic amines is 1.